The Morgan fingerprint density at radius 1 is 1.02 bits per heavy atom. The van der Waals surface area contributed by atoms with E-state index in [1.165, 1.54) is 4.90 Å². The number of benzene rings is 2. The highest BCUT2D eigenvalue weighted by molar-refractivity contribution is 8.21. The van der Waals surface area contributed by atoms with Gasteiger partial charge in [-0.3, -0.25) is 9.36 Å². The van der Waals surface area contributed by atoms with Crippen LogP contribution in [0.5, 0.6) is 0 Å². The van der Waals surface area contributed by atoms with Crippen LogP contribution in [-0.2, 0) is 31.7 Å². The molecule has 5 rings (SSSR count). The second kappa shape index (κ2) is 13.1. The summed E-state index contributed by atoms with van der Waals surface area (Å²) >= 11 is 3.38. The Hall–Kier alpha value is -2.72. The maximum atomic E-state index is 14.2. The van der Waals surface area contributed by atoms with E-state index in [-0.39, 0.29) is 28.4 Å². The van der Waals surface area contributed by atoms with Crippen molar-refractivity contribution < 1.29 is 32.6 Å². The minimum absolute atomic E-state index is 0.0838. The number of thioether (sulfide) groups is 2. The molecule has 2 atom stereocenters. The van der Waals surface area contributed by atoms with Gasteiger partial charge in [-0.15, -0.1) is 23.5 Å². The van der Waals surface area contributed by atoms with Crippen molar-refractivity contribution in [3.05, 3.63) is 82.6 Å². The van der Waals surface area contributed by atoms with Gasteiger partial charge in [0.05, 0.1) is 4.08 Å². The zero-order valence-electron chi connectivity index (χ0n) is 22.4. The summed E-state index contributed by atoms with van der Waals surface area (Å²) in [7, 11) is -3.62. The Labute approximate surface area is 246 Å². The average Bonchev–Trinajstić information content (AvgIpc) is 3.70. The second-order valence-electron chi connectivity index (χ2n) is 10.2. The molecule has 1 amide bonds. The molecular formula is C29H32NO8PS2. The summed E-state index contributed by atoms with van der Waals surface area (Å²) in [5, 5.41) is 9.88. The fourth-order valence-corrected chi connectivity index (χ4v) is 10.5. The first-order valence-electron chi connectivity index (χ1n) is 13.5. The Kier molecular flexibility index (Phi) is 9.49. The first-order valence-corrected chi connectivity index (χ1v) is 17.5. The van der Waals surface area contributed by atoms with Crippen molar-refractivity contribution >= 4 is 42.8 Å². The van der Waals surface area contributed by atoms with Crippen LogP contribution in [0, 0.1) is 0 Å². The fourth-order valence-electron chi connectivity index (χ4n) is 5.23. The number of aryl methyl sites for hydroxylation is 1. The number of carbonyl (C=O) groups excluding carboxylic acids is 1. The van der Waals surface area contributed by atoms with Crippen molar-refractivity contribution in [2.24, 2.45) is 0 Å². The molecule has 9 nitrogen and oxygen atoms in total. The third-order valence-electron chi connectivity index (χ3n) is 7.26. The Balaban J connectivity index is 1.32. The summed E-state index contributed by atoms with van der Waals surface area (Å²) < 4.78 is 30.3. The van der Waals surface area contributed by atoms with Gasteiger partial charge in [0.25, 0.3) is 0 Å². The van der Waals surface area contributed by atoms with Crippen molar-refractivity contribution in [1.82, 2.24) is 4.90 Å². The number of aliphatic carboxylic acids is 1. The minimum atomic E-state index is -3.62. The van der Waals surface area contributed by atoms with Gasteiger partial charge in [0.15, 0.2) is 11.5 Å². The van der Waals surface area contributed by atoms with E-state index in [4.69, 9.17) is 13.4 Å². The number of unbranched alkanes of at least 4 members (excludes halogenated alkanes) is 1. The third kappa shape index (κ3) is 7.38. The highest BCUT2D eigenvalue weighted by Crippen LogP contribution is 2.53. The lowest BCUT2D eigenvalue weighted by atomic mass is 10.1. The van der Waals surface area contributed by atoms with E-state index in [0.29, 0.717) is 24.9 Å². The highest BCUT2D eigenvalue weighted by atomic mass is 32.2. The molecule has 2 unspecified atom stereocenters. The predicted octanol–water partition coefficient (Wildman–Crippen LogP) is 5.58. The number of amides is 1. The summed E-state index contributed by atoms with van der Waals surface area (Å²) in [6.45, 7) is -0.0297. The molecular weight excluding hydrogens is 585 g/mol. The largest absolute Gasteiger partial charge is 0.519 e. The molecule has 1 spiro atoms. The van der Waals surface area contributed by atoms with Crippen LogP contribution < -0.4 is 5.82 Å². The van der Waals surface area contributed by atoms with Gasteiger partial charge in [-0.1, -0.05) is 60.7 Å². The zero-order chi connectivity index (χ0) is 28.9. The van der Waals surface area contributed by atoms with Gasteiger partial charge in [-0.2, -0.15) is 0 Å². The summed E-state index contributed by atoms with van der Waals surface area (Å²) in [6.07, 6.45) is 2.13. The molecule has 1 N–H and O–H groups in total. The number of carboxylic acids is 1. The van der Waals surface area contributed by atoms with E-state index < -0.39 is 37.3 Å². The Morgan fingerprint density at radius 3 is 2.39 bits per heavy atom. The minimum Gasteiger partial charge on any atom is -0.480 e. The van der Waals surface area contributed by atoms with Crippen LogP contribution in [0.4, 0.5) is 0 Å². The van der Waals surface area contributed by atoms with Gasteiger partial charge in [-0.05, 0) is 24.8 Å². The number of likely N-dealkylation sites (tertiary alicyclic amines) is 1. The highest BCUT2D eigenvalue weighted by Gasteiger charge is 2.52. The van der Waals surface area contributed by atoms with Crippen LogP contribution in [0.2, 0.25) is 0 Å². The molecule has 3 aromatic rings. The van der Waals surface area contributed by atoms with Crippen molar-refractivity contribution in [2.75, 3.05) is 30.4 Å². The van der Waals surface area contributed by atoms with Gasteiger partial charge in [-0.25, -0.2) is 9.59 Å². The van der Waals surface area contributed by atoms with Crippen LogP contribution in [0.1, 0.15) is 30.6 Å². The van der Waals surface area contributed by atoms with Gasteiger partial charge in [0.2, 0.25) is 13.3 Å². The predicted molar refractivity (Wildman–Crippen MR) is 160 cm³/mol. The lowest BCUT2D eigenvalue weighted by molar-refractivity contribution is -0.147. The molecule has 2 aromatic carbocycles. The maximum Gasteiger partial charge on any atom is 0.519 e. The molecule has 2 saturated heterocycles. The van der Waals surface area contributed by atoms with Crippen molar-refractivity contribution in [3.8, 4) is 11.3 Å². The molecule has 0 saturated carbocycles. The van der Waals surface area contributed by atoms with E-state index in [9.17, 15) is 24.1 Å². The molecule has 41 heavy (non-hydrogen) atoms. The topological polar surface area (TPSA) is 127 Å². The normalized spacial score (nSPS) is 19.4. The monoisotopic (exact) mass is 617 g/mol. The molecule has 218 valence electrons. The zero-order valence-corrected chi connectivity index (χ0v) is 25.0. The SMILES string of the molecule is O=C(O)C1CC2(CN1C(=O)CP(=O)(CCCCc1ccccc1)OCc1oc(=O)oc1-c1ccccc1)SCCS2. The standard InChI is InChI=1S/C29H32NO8PS2/c31-25(30-20-29(40-15-16-41-29)17-23(30)27(32)33)19-39(35,14-8-7-11-21-9-3-1-4-10-21)36-18-24-26(38-28(34)37-24)22-12-5-2-6-13-22/h1-6,9-10,12-13,23H,7-8,11,14-20H2,(H,32,33). The molecule has 0 bridgehead atoms. The van der Waals surface area contributed by atoms with E-state index in [2.05, 4.69) is 0 Å². The van der Waals surface area contributed by atoms with E-state index in [1.54, 1.807) is 47.8 Å². The summed E-state index contributed by atoms with van der Waals surface area (Å²) in [5.74, 6) is -0.390. The summed E-state index contributed by atoms with van der Waals surface area (Å²) in [6, 6.07) is 17.9. The number of carboxylic acid groups (broad SMARTS) is 1. The van der Waals surface area contributed by atoms with Crippen LogP contribution in [0.15, 0.2) is 74.3 Å². The van der Waals surface area contributed by atoms with Gasteiger partial charge in [0, 0.05) is 36.2 Å². The van der Waals surface area contributed by atoms with Crippen LogP contribution >= 0.6 is 30.9 Å². The first-order chi connectivity index (χ1) is 19.8. The Bertz CT molecular complexity index is 1450. The molecule has 0 aliphatic carbocycles. The lowest BCUT2D eigenvalue weighted by Gasteiger charge is -2.25. The average molecular weight is 618 g/mol. The molecule has 3 heterocycles. The number of hydrogen-bond acceptors (Lipinski definition) is 9. The van der Waals surface area contributed by atoms with Gasteiger partial charge >= 0.3 is 11.8 Å². The van der Waals surface area contributed by atoms with E-state index in [1.807, 2.05) is 36.4 Å². The second-order valence-corrected chi connectivity index (χ2v) is 16.0. The quantitative estimate of drug-likeness (QED) is 0.203. The van der Waals surface area contributed by atoms with Crippen molar-refractivity contribution in [2.45, 2.75) is 42.4 Å². The first kappa shape index (κ1) is 29.8. The van der Waals surface area contributed by atoms with Crippen molar-refractivity contribution in [3.63, 3.8) is 0 Å². The molecule has 12 heteroatoms. The number of rotatable bonds is 12. The van der Waals surface area contributed by atoms with Crippen molar-refractivity contribution in [1.29, 1.82) is 0 Å². The summed E-state index contributed by atoms with van der Waals surface area (Å²) in [4.78, 5) is 39.0. The third-order valence-corrected chi connectivity index (χ3v) is 13.0. The smallest absolute Gasteiger partial charge is 0.480 e. The van der Waals surface area contributed by atoms with Crippen LogP contribution in [0.25, 0.3) is 11.3 Å². The molecule has 2 aliphatic rings. The number of nitrogens with zero attached hydrogens (tertiary/aromatic N) is 1. The lowest BCUT2D eigenvalue weighted by Crippen LogP contribution is -2.42. The fraction of sp³-hybridized carbons (Fsp3) is 0.414. The molecule has 0 radical (unpaired) electrons. The van der Waals surface area contributed by atoms with Crippen LogP contribution in [-0.4, -0.2) is 62.4 Å². The molecule has 1 aromatic heterocycles. The molecule has 2 fully saturated rings. The van der Waals surface area contributed by atoms with E-state index in [0.717, 1.165) is 29.9 Å². The van der Waals surface area contributed by atoms with Crippen LogP contribution in [0.3, 0.4) is 0 Å². The Morgan fingerprint density at radius 2 is 1.71 bits per heavy atom. The maximum absolute atomic E-state index is 14.2. The number of hydrogen-bond donors (Lipinski definition) is 1. The summed E-state index contributed by atoms with van der Waals surface area (Å²) in [5.41, 5.74) is 1.76. The van der Waals surface area contributed by atoms with Gasteiger partial charge in [0.1, 0.15) is 18.8 Å². The van der Waals surface area contributed by atoms with Gasteiger partial charge < -0.3 is 23.4 Å². The van der Waals surface area contributed by atoms with E-state index >= 15 is 0 Å². The molecule has 2 aliphatic heterocycles. The number of carbonyl (C=O) groups is 2.